The van der Waals surface area contributed by atoms with Crippen LogP contribution in [0.1, 0.15) is 18.9 Å². The summed E-state index contributed by atoms with van der Waals surface area (Å²) in [6.07, 6.45) is 3.38. The number of hydrogen-bond acceptors (Lipinski definition) is 3. The van der Waals surface area contributed by atoms with Crippen molar-refractivity contribution in [2.24, 2.45) is 0 Å². The molecule has 0 radical (unpaired) electrons. The molecule has 1 saturated carbocycles. The van der Waals surface area contributed by atoms with E-state index in [2.05, 4.69) is 10.2 Å². The van der Waals surface area contributed by atoms with Gasteiger partial charge in [-0.25, -0.2) is 0 Å². The van der Waals surface area contributed by atoms with Crippen molar-refractivity contribution in [3.63, 3.8) is 0 Å². The van der Waals surface area contributed by atoms with E-state index in [-0.39, 0.29) is 27.9 Å². The largest absolute Gasteiger partial charge is 0.312 e. The molecule has 2 N–H and O–H groups in total. The first-order valence-electron chi connectivity index (χ1n) is 5.03. The van der Waals surface area contributed by atoms with Crippen LogP contribution in [0.2, 0.25) is 0 Å². The van der Waals surface area contributed by atoms with E-state index in [4.69, 9.17) is 0 Å². The van der Waals surface area contributed by atoms with E-state index in [0.717, 1.165) is 12.8 Å². The molecule has 2 heterocycles. The smallest absolute Gasteiger partial charge is 0.272 e. The zero-order chi connectivity index (χ0) is 11.3. The Morgan fingerprint density at radius 3 is 2.31 bits per heavy atom. The van der Waals surface area contributed by atoms with Crippen LogP contribution >= 0.6 is 0 Å². The topological polar surface area (TPSA) is 87.7 Å². The molecule has 1 aliphatic carbocycles. The summed E-state index contributed by atoms with van der Waals surface area (Å²) in [7, 11) is 0. The van der Waals surface area contributed by atoms with Gasteiger partial charge in [0.2, 0.25) is 0 Å². The van der Waals surface area contributed by atoms with Crippen molar-refractivity contribution in [3.05, 3.63) is 43.3 Å². The summed E-state index contributed by atoms with van der Waals surface area (Å²) in [6.45, 7) is 0. The van der Waals surface area contributed by atoms with Crippen LogP contribution in [0.4, 0.5) is 0 Å². The minimum atomic E-state index is -0.449. The van der Waals surface area contributed by atoms with E-state index in [1.165, 1.54) is 16.8 Å². The molecule has 0 spiro atoms. The maximum atomic E-state index is 11.7. The molecule has 16 heavy (non-hydrogen) atoms. The minimum absolute atomic E-state index is 0.144. The molecule has 82 valence electrons. The van der Waals surface area contributed by atoms with Gasteiger partial charge in [0.05, 0.1) is 10.8 Å². The molecule has 1 aliphatic rings. The first-order valence-corrected chi connectivity index (χ1v) is 5.03. The van der Waals surface area contributed by atoms with Gasteiger partial charge < -0.3 is 4.57 Å². The molecule has 0 atom stereocenters. The van der Waals surface area contributed by atoms with Gasteiger partial charge in [0.15, 0.2) is 0 Å². The van der Waals surface area contributed by atoms with Gasteiger partial charge in [-0.2, -0.15) is 0 Å². The lowest BCUT2D eigenvalue weighted by molar-refractivity contribution is 0.711. The predicted octanol–water partition coefficient (Wildman–Crippen LogP) is -0.287. The van der Waals surface area contributed by atoms with E-state index in [9.17, 15) is 14.4 Å². The summed E-state index contributed by atoms with van der Waals surface area (Å²) in [5.41, 5.74) is -1.07. The molecule has 0 aromatic carbocycles. The number of nitrogens with one attached hydrogen (secondary N) is 2. The van der Waals surface area contributed by atoms with E-state index in [0.29, 0.717) is 0 Å². The number of fused-ring (bicyclic) bond motifs is 1. The van der Waals surface area contributed by atoms with Gasteiger partial charge in [-0.1, -0.05) is 0 Å². The number of aromatic nitrogens is 3. The predicted molar refractivity (Wildman–Crippen MR) is 57.7 cm³/mol. The molecule has 1 fully saturated rings. The van der Waals surface area contributed by atoms with Crippen molar-refractivity contribution >= 4 is 10.8 Å². The molecular formula is C10H9N3O3. The third kappa shape index (κ3) is 1.23. The summed E-state index contributed by atoms with van der Waals surface area (Å²) in [4.78, 5) is 34.6. The lowest BCUT2D eigenvalue weighted by Gasteiger charge is -2.03. The zero-order valence-corrected chi connectivity index (χ0v) is 8.32. The first kappa shape index (κ1) is 9.14. The normalized spacial score (nSPS) is 15.5. The van der Waals surface area contributed by atoms with Crippen molar-refractivity contribution < 1.29 is 0 Å². The molecular weight excluding hydrogens is 210 g/mol. The molecule has 6 nitrogen and oxygen atoms in total. The molecule has 6 heteroatoms. The molecule has 0 aliphatic heterocycles. The van der Waals surface area contributed by atoms with Crippen molar-refractivity contribution in [2.75, 3.05) is 0 Å². The van der Waals surface area contributed by atoms with Crippen LogP contribution in [0, 0.1) is 0 Å². The second-order valence-electron chi connectivity index (χ2n) is 3.99. The summed E-state index contributed by atoms with van der Waals surface area (Å²) >= 11 is 0. The van der Waals surface area contributed by atoms with Gasteiger partial charge in [0.1, 0.15) is 0 Å². The lowest BCUT2D eigenvalue weighted by atomic mass is 10.2. The maximum absolute atomic E-state index is 11.7. The van der Waals surface area contributed by atoms with Crippen LogP contribution in [0.25, 0.3) is 10.8 Å². The highest BCUT2D eigenvalue weighted by Crippen LogP contribution is 2.33. The fraction of sp³-hybridized carbons (Fsp3) is 0.300. The highest BCUT2D eigenvalue weighted by Gasteiger charge is 2.24. The quantitative estimate of drug-likeness (QED) is 0.691. The van der Waals surface area contributed by atoms with E-state index < -0.39 is 5.56 Å². The molecule has 2 aromatic rings. The van der Waals surface area contributed by atoms with Crippen LogP contribution in [-0.2, 0) is 0 Å². The van der Waals surface area contributed by atoms with Crippen molar-refractivity contribution in [3.8, 4) is 0 Å². The highest BCUT2D eigenvalue weighted by molar-refractivity contribution is 5.79. The average molecular weight is 219 g/mol. The Balaban J connectivity index is 2.48. The number of rotatable bonds is 1. The van der Waals surface area contributed by atoms with Crippen LogP contribution in [-0.4, -0.2) is 14.8 Å². The summed E-state index contributed by atoms with van der Waals surface area (Å²) < 4.78 is 1.52. The van der Waals surface area contributed by atoms with Crippen molar-refractivity contribution in [2.45, 2.75) is 18.9 Å². The Morgan fingerprint density at radius 1 is 1.06 bits per heavy atom. The Morgan fingerprint density at radius 2 is 1.69 bits per heavy atom. The van der Waals surface area contributed by atoms with Gasteiger partial charge in [-0.3, -0.25) is 24.6 Å². The fourth-order valence-electron chi connectivity index (χ4n) is 1.80. The fourth-order valence-corrected chi connectivity index (χ4v) is 1.80. The lowest BCUT2D eigenvalue weighted by Crippen LogP contribution is -2.25. The Kier molecular flexibility index (Phi) is 1.68. The second kappa shape index (κ2) is 2.94. The Bertz CT molecular complexity index is 733. The van der Waals surface area contributed by atoms with Crippen molar-refractivity contribution in [1.82, 2.24) is 14.8 Å². The van der Waals surface area contributed by atoms with Crippen LogP contribution in [0.5, 0.6) is 0 Å². The molecule has 2 aromatic heterocycles. The Labute approximate surface area is 88.5 Å². The number of nitrogens with zero attached hydrogens (tertiary/aromatic N) is 1. The van der Waals surface area contributed by atoms with Gasteiger partial charge in [-0.05, 0) is 12.8 Å². The maximum Gasteiger partial charge on any atom is 0.272 e. The standard InChI is InChI=1S/C10H9N3O3/c14-8-3-6-7(4-13(8)5-1-2-5)10(16)12-11-9(6)15/h3-5H,1-2H2,(H,11,15)(H,12,16). The third-order valence-electron chi connectivity index (χ3n) is 2.80. The monoisotopic (exact) mass is 219 g/mol. The van der Waals surface area contributed by atoms with Gasteiger partial charge in [0, 0.05) is 18.3 Å². The van der Waals surface area contributed by atoms with E-state index in [1.807, 2.05) is 0 Å². The highest BCUT2D eigenvalue weighted by atomic mass is 16.1. The van der Waals surface area contributed by atoms with Crippen LogP contribution in [0.15, 0.2) is 26.6 Å². The summed E-state index contributed by atoms with van der Waals surface area (Å²) in [5, 5.41) is 4.84. The van der Waals surface area contributed by atoms with Gasteiger partial charge >= 0.3 is 0 Å². The number of pyridine rings is 1. The van der Waals surface area contributed by atoms with Gasteiger partial charge in [0.25, 0.3) is 16.7 Å². The van der Waals surface area contributed by atoms with Crippen molar-refractivity contribution in [1.29, 1.82) is 0 Å². The molecule has 0 amide bonds. The molecule has 0 bridgehead atoms. The van der Waals surface area contributed by atoms with Crippen LogP contribution in [0.3, 0.4) is 0 Å². The minimum Gasteiger partial charge on any atom is -0.312 e. The number of aromatic amines is 2. The molecule has 0 saturated heterocycles. The summed E-state index contributed by atoms with van der Waals surface area (Å²) in [6, 6.07) is 1.41. The zero-order valence-electron chi connectivity index (χ0n) is 8.32. The van der Waals surface area contributed by atoms with Gasteiger partial charge in [-0.15, -0.1) is 0 Å². The van der Waals surface area contributed by atoms with E-state index in [1.54, 1.807) is 0 Å². The number of H-pyrrole nitrogens is 2. The SMILES string of the molecule is O=c1[nH][nH]c(=O)c2cn(C3CC3)c(=O)cc12. The second-order valence-corrected chi connectivity index (χ2v) is 3.99. The molecule has 3 rings (SSSR count). The van der Waals surface area contributed by atoms with Crippen LogP contribution < -0.4 is 16.7 Å². The molecule has 0 unspecified atom stereocenters. The summed E-state index contributed by atoms with van der Waals surface area (Å²) in [5.74, 6) is 0. The average Bonchev–Trinajstić information content (AvgIpc) is 3.07. The Hall–Kier alpha value is -2.11. The first-order chi connectivity index (χ1) is 7.66. The number of hydrogen-bond donors (Lipinski definition) is 2. The van der Waals surface area contributed by atoms with E-state index >= 15 is 0 Å². The third-order valence-corrected chi connectivity index (χ3v) is 2.80.